The predicted octanol–water partition coefficient (Wildman–Crippen LogP) is 1.06. The van der Waals surface area contributed by atoms with E-state index in [1.165, 1.54) is 0 Å². The van der Waals surface area contributed by atoms with E-state index in [0.717, 1.165) is 0 Å². The van der Waals surface area contributed by atoms with Crippen molar-refractivity contribution < 1.29 is 4.79 Å². The first-order valence-electron chi connectivity index (χ1n) is 2.19. The Morgan fingerprint density at radius 3 is 2.25 bits per heavy atom. The molecule has 0 saturated carbocycles. The zero-order valence-electron chi connectivity index (χ0n) is 4.23. The second kappa shape index (κ2) is 3.98. The van der Waals surface area contributed by atoms with Crippen molar-refractivity contribution in [3.63, 3.8) is 0 Å². The minimum Gasteiger partial charge on any atom is -0.370 e. The molecule has 0 aromatic carbocycles. The van der Waals surface area contributed by atoms with Gasteiger partial charge in [0.1, 0.15) is 4.84 Å². The largest absolute Gasteiger partial charge is 0.370 e. The van der Waals surface area contributed by atoms with Crippen LogP contribution >= 0.6 is 23.2 Å². The third kappa shape index (κ3) is 6.05. The van der Waals surface area contributed by atoms with Crippen LogP contribution < -0.4 is 5.73 Å². The number of carbonyl (C=O) groups is 1. The van der Waals surface area contributed by atoms with E-state index in [0.29, 0.717) is 6.42 Å². The summed E-state index contributed by atoms with van der Waals surface area (Å²) in [4.78, 5) is 9.54. The average Bonchev–Trinajstić information content (AvgIpc) is 1.61. The summed E-state index contributed by atoms with van der Waals surface area (Å²) in [6.45, 7) is 0. The van der Waals surface area contributed by atoms with Gasteiger partial charge in [-0.3, -0.25) is 4.79 Å². The Hall–Kier alpha value is 0.0500. The SMILES string of the molecule is NC(=O)CCC(Cl)Cl. The van der Waals surface area contributed by atoms with E-state index in [2.05, 4.69) is 0 Å². The highest BCUT2D eigenvalue weighted by Gasteiger charge is 1.99. The molecule has 0 aliphatic carbocycles. The first-order chi connectivity index (χ1) is 3.63. The van der Waals surface area contributed by atoms with Gasteiger partial charge in [0.2, 0.25) is 5.91 Å². The Morgan fingerprint density at radius 2 is 2.12 bits per heavy atom. The van der Waals surface area contributed by atoms with Gasteiger partial charge >= 0.3 is 0 Å². The standard InChI is InChI=1S/C4H7Cl2NO/c5-3(6)1-2-4(7)8/h3H,1-2H2,(H2,7,8). The van der Waals surface area contributed by atoms with Gasteiger partial charge in [-0.05, 0) is 6.42 Å². The minimum absolute atomic E-state index is 0.262. The molecule has 0 unspecified atom stereocenters. The fourth-order valence-corrected chi connectivity index (χ4v) is 0.470. The molecule has 0 fully saturated rings. The van der Waals surface area contributed by atoms with Crippen molar-refractivity contribution >= 4 is 29.1 Å². The number of carbonyl (C=O) groups excluding carboxylic acids is 1. The summed E-state index contributed by atoms with van der Waals surface area (Å²) in [5.74, 6) is -0.365. The molecule has 4 heteroatoms. The summed E-state index contributed by atoms with van der Waals surface area (Å²) in [7, 11) is 0. The zero-order valence-corrected chi connectivity index (χ0v) is 5.74. The highest BCUT2D eigenvalue weighted by atomic mass is 35.5. The third-order valence-corrected chi connectivity index (χ3v) is 1.05. The van der Waals surface area contributed by atoms with E-state index < -0.39 is 4.84 Å². The first kappa shape index (κ1) is 8.05. The van der Waals surface area contributed by atoms with E-state index in [1.807, 2.05) is 0 Å². The maximum Gasteiger partial charge on any atom is 0.217 e. The molecule has 1 amide bonds. The Balaban J connectivity index is 3.05. The van der Waals surface area contributed by atoms with Crippen molar-refractivity contribution in [2.75, 3.05) is 0 Å². The van der Waals surface area contributed by atoms with Crippen molar-refractivity contribution in [1.29, 1.82) is 0 Å². The number of alkyl halides is 2. The molecular weight excluding hydrogens is 149 g/mol. The van der Waals surface area contributed by atoms with Crippen LogP contribution in [0.5, 0.6) is 0 Å². The first-order valence-corrected chi connectivity index (χ1v) is 3.06. The van der Waals surface area contributed by atoms with Crippen molar-refractivity contribution in [1.82, 2.24) is 0 Å². The van der Waals surface area contributed by atoms with Gasteiger partial charge in [-0.2, -0.15) is 0 Å². The average molecular weight is 156 g/mol. The monoisotopic (exact) mass is 155 g/mol. The lowest BCUT2D eigenvalue weighted by Gasteiger charge is -1.94. The smallest absolute Gasteiger partial charge is 0.217 e. The molecular formula is C4H7Cl2NO. The molecule has 0 aromatic heterocycles. The Labute approximate surface area is 57.9 Å². The second-order valence-electron chi connectivity index (χ2n) is 1.40. The Bertz CT molecular complexity index is 84.1. The van der Waals surface area contributed by atoms with Crippen LogP contribution in [0, 0.1) is 0 Å². The highest BCUT2D eigenvalue weighted by Crippen LogP contribution is 2.08. The zero-order chi connectivity index (χ0) is 6.57. The van der Waals surface area contributed by atoms with Crippen LogP contribution in [0.1, 0.15) is 12.8 Å². The molecule has 2 nitrogen and oxygen atoms in total. The summed E-state index contributed by atoms with van der Waals surface area (Å²) in [6.07, 6.45) is 0.704. The van der Waals surface area contributed by atoms with Gasteiger partial charge in [-0.25, -0.2) is 0 Å². The van der Waals surface area contributed by atoms with Crippen LogP contribution in [-0.2, 0) is 4.79 Å². The Morgan fingerprint density at radius 1 is 1.62 bits per heavy atom. The molecule has 0 heterocycles. The van der Waals surface area contributed by atoms with Crippen LogP contribution in [-0.4, -0.2) is 10.7 Å². The lowest BCUT2D eigenvalue weighted by molar-refractivity contribution is -0.118. The van der Waals surface area contributed by atoms with Crippen LogP contribution in [0.4, 0.5) is 0 Å². The fourth-order valence-electron chi connectivity index (χ4n) is 0.251. The van der Waals surface area contributed by atoms with E-state index in [1.54, 1.807) is 0 Å². The molecule has 0 saturated heterocycles. The number of hydrogen-bond acceptors (Lipinski definition) is 1. The highest BCUT2D eigenvalue weighted by molar-refractivity contribution is 6.44. The third-order valence-electron chi connectivity index (χ3n) is 0.609. The minimum atomic E-state index is -0.470. The molecule has 0 bridgehead atoms. The predicted molar refractivity (Wildman–Crippen MR) is 33.9 cm³/mol. The van der Waals surface area contributed by atoms with Gasteiger partial charge in [0, 0.05) is 6.42 Å². The van der Waals surface area contributed by atoms with Gasteiger partial charge in [-0.15, -0.1) is 23.2 Å². The van der Waals surface area contributed by atoms with Gasteiger partial charge in [0.15, 0.2) is 0 Å². The van der Waals surface area contributed by atoms with Crippen LogP contribution in [0.2, 0.25) is 0 Å². The van der Waals surface area contributed by atoms with Gasteiger partial charge in [-0.1, -0.05) is 0 Å². The van der Waals surface area contributed by atoms with Crippen molar-refractivity contribution in [3.8, 4) is 0 Å². The van der Waals surface area contributed by atoms with Crippen LogP contribution in [0.3, 0.4) is 0 Å². The second-order valence-corrected chi connectivity index (χ2v) is 2.67. The van der Waals surface area contributed by atoms with E-state index in [9.17, 15) is 4.79 Å². The van der Waals surface area contributed by atoms with Crippen molar-refractivity contribution in [2.24, 2.45) is 5.73 Å². The summed E-state index contributed by atoms with van der Waals surface area (Å²) in [6, 6.07) is 0. The summed E-state index contributed by atoms with van der Waals surface area (Å²) >= 11 is 10.6. The summed E-state index contributed by atoms with van der Waals surface area (Å²) in [5, 5.41) is 0. The number of primary amides is 1. The Kier molecular flexibility index (Phi) is 4.01. The topological polar surface area (TPSA) is 43.1 Å². The summed E-state index contributed by atoms with van der Waals surface area (Å²) in [5.41, 5.74) is 4.78. The molecule has 2 N–H and O–H groups in total. The molecule has 48 valence electrons. The molecule has 0 atom stereocenters. The number of hydrogen-bond donors (Lipinski definition) is 1. The lowest BCUT2D eigenvalue weighted by atomic mass is 10.3. The number of rotatable bonds is 3. The van der Waals surface area contributed by atoms with Crippen LogP contribution in [0.15, 0.2) is 0 Å². The number of nitrogens with two attached hydrogens (primary N) is 1. The van der Waals surface area contributed by atoms with Gasteiger partial charge < -0.3 is 5.73 Å². The molecule has 0 aromatic rings. The number of amides is 1. The quantitative estimate of drug-likeness (QED) is 0.609. The van der Waals surface area contributed by atoms with Crippen LogP contribution in [0.25, 0.3) is 0 Å². The molecule has 8 heavy (non-hydrogen) atoms. The molecule has 0 aliphatic rings. The fraction of sp³-hybridized carbons (Fsp3) is 0.750. The molecule has 0 spiro atoms. The lowest BCUT2D eigenvalue weighted by Crippen LogP contribution is -2.10. The normalized spacial score (nSPS) is 9.88. The molecule has 0 rings (SSSR count). The van der Waals surface area contributed by atoms with E-state index in [4.69, 9.17) is 28.9 Å². The van der Waals surface area contributed by atoms with Crippen molar-refractivity contribution in [2.45, 2.75) is 17.7 Å². The number of halogens is 2. The van der Waals surface area contributed by atoms with E-state index in [-0.39, 0.29) is 12.3 Å². The maximum atomic E-state index is 10.0. The summed E-state index contributed by atoms with van der Waals surface area (Å²) < 4.78 is 0. The maximum absolute atomic E-state index is 10.0. The molecule has 0 radical (unpaired) electrons. The van der Waals surface area contributed by atoms with Gasteiger partial charge in [0.05, 0.1) is 0 Å². The molecule has 0 aliphatic heterocycles. The van der Waals surface area contributed by atoms with Crippen molar-refractivity contribution in [3.05, 3.63) is 0 Å². The van der Waals surface area contributed by atoms with E-state index >= 15 is 0 Å². The van der Waals surface area contributed by atoms with Gasteiger partial charge in [0.25, 0.3) is 0 Å².